The van der Waals surface area contributed by atoms with Crippen molar-refractivity contribution < 1.29 is 4.79 Å². The minimum Gasteiger partial charge on any atom is -0.296 e. The van der Waals surface area contributed by atoms with E-state index in [-0.39, 0.29) is 0 Å². The Morgan fingerprint density at radius 1 is 1.56 bits per heavy atom. The lowest BCUT2D eigenvalue weighted by Gasteiger charge is -2.03. The zero-order chi connectivity index (χ0) is 11.4. The zero-order valence-corrected chi connectivity index (χ0v) is 9.91. The maximum absolute atomic E-state index is 10.9. The van der Waals surface area contributed by atoms with Crippen LogP contribution in [0.5, 0.6) is 0 Å². The van der Waals surface area contributed by atoms with Crippen LogP contribution in [0, 0.1) is 0 Å². The smallest absolute Gasteiger partial charge is 0.172 e. The molecule has 2 aromatic heterocycles. The second kappa shape index (κ2) is 5.03. The Hall–Kier alpha value is -1.49. The van der Waals surface area contributed by atoms with Gasteiger partial charge in [-0.25, -0.2) is 4.68 Å². The Balaban J connectivity index is 2.29. The number of thiophene rings is 1. The topological polar surface area (TPSA) is 47.8 Å². The molecule has 0 radical (unpaired) electrons. The Morgan fingerprint density at radius 3 is 3.06 bits per heavy atom. The van der Waals surface area contributed by atoms with E-state index in [9.17, 15) is 4.79 Å². The molecule has 0 aromatic carbocycles. The van der Waals surface area contributed by atoms with Gasteiger partial charge in [-0.15, -0.1) is 16.4 Å². The van der Waals surface area contributed by atoms with E-state index in [0.717, 1.165) is 31.4 Å². The minimum absolute atomic E-state index is 0.460. The summed E-state index contributed by atoms with van der Waals surface area (Å²) in [6.07, 6.45) is 2.50. The third kappa shape index (κ3) is 2.19. The van der Waals surface area contributed by atoms with Crippen LogP contribution in [-0.2, 0) is 13.0 Å². The van der Waals surface area contributed by atoms with Crippen molar-refractivity contribution in [2.24, 2.45) is 0 Å². The van der Waals surface area contributed by atoms with Crippen molar-refractivity contribution in [3.05, 3.63) is 33.8 Å². The summed E-state index contributed by atoms with van der Waals surface area (Å²) in [4.78, 5) is 12.1. The molecular weight excluding hydrogens is 222 g/mol. The number of hydrogen-bond acceptors (Lipinski definition) is 4. The molecule has 0 aliphatic heterocycles. The first-order valence-corrected chi connectivity index (χ1v) is 6.13. The summed E-state index contributed by atoms with van der Waals surface area (Å²) in [5, 5.41) is 9.91. The number of hydrogen-bond donors (Lipinski definition) is 0. The Labute approximate surface area is 97.9 Å². The first-order valence-electron chi connectivity index (χ1n) is 5.25. The van der Waals surface area contributed by atoms with Gasteiger partial charge in [0.25, 0.3) is 0 Å². The quantitative estimate of drug-likeness (QED) is 0.746. The fraction of sp³-hybridized carbons (Fsp3) is 0.364. The largest absolute Gasteiger partial charge is 0.296 e. The standard InChI is InChI=1S/C11H13N3OS/c1-2-5-14-11(10(8-15)12-13-14)7-9-4-3-6-16-9/h3-4,6,8H,2,5,7H2,1H3. The van der Waals surface area contributed by atoms with E-state index in [1.54, 1.807) is 11.3 Å². The first-order chi connectivity index (χ1) is 7.85. The van der Waals surface area contributed by atoms with Crippen LogP contribution in [0.15, 0.2) is 17.5 Å². The van der Waals surface area contributed by atoms with E-state index in [2.05, 4.69) is 23.3 Å². The lowest BCUT2D eigenvalue weighted by Crippen LogP contribution is -2.05. The number of carbonyl (C=O) groups is 1. The summed E-state index contributed by atoms with van der Waals surface area (Å²) in [6, 6.07) is 4.07. The van der Waals surface area contributed by atoms with Crippen molar-refractivity contribution in [2.45, 2.75) is 26.3 Å². The highest BCUT2D eigenvalue weighted by atomic mass is 32.1. The van der Waals surface area contributed by atoms with Crippen LogP contribution in [0.2, 0.25) is 0 Å². The highest BCUT2D eigenvalue weighted by Crippen LogP contribution is 2.16. The van der Waals surface area contributed by atoms with Crippen molar-refractivity contribution in [2.75, 3.05) is 0 Å². The van der Waals surface area contributed by atoms with Gasteiger partial charge in [0.15, 0.2) is 6.29 Å². The van der Waals surface area contributed by atoms with E-state index in [0.29, 0.717) is 5.69 Å². The molecule has 0 saturated carbocycles. The van der Waals surface area contributed by atoms with Crippen molar-refractivity contribution in [1.29, 1.82) is 0 Å². The minimum atomic E-state index is 0.460. The van der Waals surface area contributed by atoms with E-state index in [1.807, 2.05) is 16.1 Å². The molecule has 0 unspecified atom stereocenters. The Bertz CT molecular complexity index is 462. The van der Waals surface area contributed by atoms with Crippen LogP contribution < -0.4 is 0 Å². The molecule has 0 amide bonds. The number of aldehydes is 1. The molecular formula is C11H13N3OS. The van der Waals surface area contributed by atoms with Gasteiger partial charge in [-0.3, -0.25) is 4.79 Å². The van der Waals surface area contributed by atoms with E-state index < -0.39 is 0 Å². The van der Waals surface area contributed by atoms with E-state index >= 15 is 0 Å². The summed E-state index contributed by atoms with van der Waals surface area (Å²) in [6.45, 7) is 2.89. The molecule has 4 nitrogen and oxygen atoms in total. The Morgan fingerprint density at radius 2 is 2.44 bits per heavy atom. The first kappa shape index (κ1) is 11.0. The molecule has 5 heteroatoms. The second-order valence-corrected chi connectivity index (χ2v) is 4.55. The molecule has 0 aliphatic carbocycles. The van der Waals surface area contributed by atoms with Crippen LogP contribution in [0.3, 0.4) is 0 Å². The number of nitrogens with zero attached hydrogens (tertiary/aromatic N) is 3. The number of rotatable bonds is 5. The molecule has 0 fully saturated rings. The van der Waals surface area contributed by atoms with Crippen LogP contribution in [0.4, 0.5) is 0 Å². The predicted octanol–water partition coefficient (Wildman–Crippen LogP) is 2.15. The van der Waals surface area contributed by atoms with Crippen LogP contribution in [0.1, 0.15) is 34.4 Å². The fourth-order valence-corrected chi connectivity index (χ4v) is 2.30. The zero-order valence-electron chi connectivity index (χ0n) is 9.09. The van der Waals surface area contributed by atoms with E-state index in [1.165, 1.54) is 4.88 Å². The van der Waals surface area contributed by atoms with Crippen LogP contribution in [0.25, 0.3) is 0 Å². The summed E-state index contributed by atoms with van der Waals surface area (Å²) < 4.78 is 1.82. The molecule has 2 rings (SSSR count). The molecule has 0 atom stereocenters. The molecule has 2 heterocycles. The maximum atomic E-state index is 10.9. The highest BCUT2D eigenvalue weighted by molar-refractivity contribution is 7.09. The fourth-order valence-electron chi connectivity index (χ4n) is 1.59. The third-order valence-electron chi connectivity index (χ3n) is 2.34. The highest BCUT2D eigenvalue weighted by Gasteiger charge is 2.12. The van der Waals surface area contributed by atoms with Gasteiger partial charge < -0.3 is 0 Å². The summed E-state index contributed by atoms with van der Waals surface area (Å²) in [7, 11) is 0. The summed E-state index contributed by atoms with van der Waals surface area (Å²) >= 11 is 1.68. The number of aromatic nitrogens is 3. The number of carbonyl (C=O) groups excluding carboxylic acids is 1. The normalized spacial score (nSPS) is 10.6. The average Bonchev–Trinajstić information content (AvgIpc) is 2.91. The monoisotopic (exact) mass is 235 g/mol. The average molecular weight is 235 g/mol. The van der Waals surface area contributed by atoms with Crippen molar-refractivity contribution >= 4 is 17.6 Å². The maximum Gasteiger partial charge on any atom is 0.172 e. The van der Waals surface area contributed by atoms with Gasteiger partial charge in [0, 0.05) is 17.8 Å². The van der Waals surface area contributed by atoms with Gasteiger partial charge in [-0.05, 0) is 17.9 Å². The molecule has 2 aromatic rings. The van der Waals surface area contributed by atoms with Gasteiger partial charge in [0.05, 0.1) is 5.69 Å². The lowest BCUT2D eigenvalue weighted by atomic mass is 10.2. The SMILES string of the molecule is CCCn1nnc(C=O)c1Cc1cccs1. The van der Waals surface area contributed by atoms with Crippen LogP contribution >= 0.6 is 11.3 Å². The molecule has 0 N–H and O–H groups in total. The third-order valence-corrected chi connectivity index (χ3v) is 3.21. The van der Waals surface area contributed by atoms with Crippen molar-refractivity contribution in [3.63, 3.8) is 0 Å². The van der Waals surface area contributed by atoms with Gasteiger partial charge in [0.1, 0.15) is 5.69 Å². The molecule has 0 bridgehead atoms. The number of aryl methyl sites for hydroxylation is 1. The molecule has 0 spiro atoms. The molecule has 84 valence electrons. The summed E-state index contributed by atoms with van der Waals surface area (Å²) in [5.74, 6) is 0. The second-order valence-electron chi connectivity index (χ2n) is 3.52. The predicted molar refractivity (Wildman–Crippen MR) is 62.8 cm³/mol. The molecule has 0 saturated heterocycles. The Kier molecular flexibility index (Phi) is 3.46. The van der Waals surface area contributed by atoms with E-state index in [4.69, 9.17) is 0 Å². The van der Waals surface area contributed by atoms with Gasteiger partial charge >= 0.3 is 0 Å². The van der Waals surface area contributed by atoms with Gasteiger partial charge in [-0.2, -0.15) is 0 Å². The van der Waals surface area contributed by atoms with Crippen molar-refractivity contribution in [1.82, 2.24) is 15.0 Å². The molecule has 16 heavy (non-hydrogen) atoms. The molecule has 0 aliphatic rings. The van der Waals surface area contributed by atoms with Gasteiger partial charge in [0.2, 0.25) is 0 Å². The van der Waals surface area contributed by atoms with Crippen molar-refractivity contribution in [3.8, 4) is 0 Å². The summed E-state index contributed by atoms with van der Waals surface area (Å²) in [5.41, 5.74) is 1.38. The van der Waals surface area contributed by atoms with Crippen LogP contribution in [-0.4, -0.2) is 21.3 Å². The lowest BCUT2D eigenvalue weighted by molar-refractivity contribution is 0.111. The van der Waals surface area contributed by atoms with Gasteiger partial charge in [-0.1, -0.05) is 18.2 Å².